The molecule has 1 aromatic heterocycles. The van der Waals surface area contributed by atoms with E-state index in [1.807, 2.05) is 19.9 Å². The van der Waals surface area contributed by atoms with Crippen molar-refractivity contribution in [2.24, 2.45) is 16.1 Å². The van der Waals surface area contributed by atoms with Crippen LogP contribution in [0, 0.1) is 17.2 Å². The lowest BCUT2D eigenvalue weighted by Gasteiger charge is -2.15. The molecule has 1 heterocycles. The number of unbranched alkanes of at least 4 members (excludes halogenated alkanes) is 3. The number of esters is 1. The highest BCUT2D eigenvalue weighted by atomic mass is 16.5. The van der Waals surface area contributed by atoms with E-state index in [1.54, 1.807) is 24.3 Å². The summed E-state index contributed by atoms with van der Waals surface area (Å²) in [5.41, 5.74) is 0.950. The minimum atomic E-state index is -0.499. The number of nitriles is 1. The Hall–Kier alpha value is -3.47. The van der Waals surface area contributed by atoms with Gasteiger partial charge in [0.1, 0.15) is 11.6 Å². The molecule has 2 aromatic rings. The van der Waals surface area contributed by atoms with Crippen molar-refractivity contribution in [3.8, 4) is 11.9 Å². The zero-order valence-corrected chi connectivity index (χ0v) is 22.6. The highest BCUT2D eigenvalue weighted by molar-refractivity contribution is 5.89. The fourth-order valence-corrected chi connectivity index (χ4v) is 4.03. The monoisotopic (exact) mass is 508 g/mol. The molecular weight excluding hydrogens is 468 g/mol. The molecule has 8 nitrogen and oxygen atoms in total. The van der Waals surface area contributed by atoms with E-state index in [-0.39, 0.29) is 23.1 Å². The highest BCUT2D eigenvalue weighted by Crippen LogP contribution is 2.34. The van der Waals surface area contributed by atoms with Gasteiger partial charge in [0.25, 0.3) is 5.56 Å². The number of carbonyl (C=O) groups is 1. The molecule has 1 aromatic carbocycles. The number of aromatic nitrogens is 1. The molecule has 0 amide bonds. The van der Waals surface area contributed by atoms with Crippen LogP contribution in [0.3, 0.4) is 0 Å². The molecular formula is C29H40N4O4. The summed E-state index contributed by atoms with van der Waals surface area (Å²) in [6.07, 6.45) is 7.80. The van der Waals surface area contributed by atoms with Gasteiger partial charge >= 0.3 is 5.97 Å². The summed E-state index contributed by atoms with van der Waals surface area (Å²) in [6.45, 7) is 8.95. The predicted molar refractivity (Wildman–Crippen MR) is 145 cm³/mol. The van der Waals surface area contributed by atoms with Crippen LogP contribution in [0.15, 0.2) is 39.3 Å². The average molecular weight is 509 g/mol. The molecule has 0 saturated heterocycles. The number of azo groups is 1. The standard InChI is InChI=1S/C29H40N4O4/c1-5-9-12-21(8-4)20-37-29(36)22-14-16-23(17-15-22)31-32-26-24(13-10-6-2)25(19-30)27(34)33(28(26)35)18-11-7-3/h14-17,21,35H,5-13,18,20H2,1-4H3/b32-31+. The van der Waals surface area contributed by atoms with Crippen LogP contribution in [-0.4, -0.2) is 22.2 Å². The van der Waals surface area contributed by atoms with E-state index in [0.29, 0.717) is 48.7 Å². The molecule has 1 atom stereocenters. The summed E-state index contributed by atoms with van der Waals surface area (Å²) >= 11 is 0. The Labute approximate surface area is 220 Å². The van der Waals surface area contributed by atoms with Crippen molar-refractivity contribution in [1.82, 2.24) is 4.57 Å². The van der Waals surface area contributed by atoms with Crippen molar-refractivity contribution in [3.63, 3.8) is 0 Å². The normalized spacial score (nSPS) is 12.0. The topological polar surface area (TPSA) is 117 Å². The molecule has 0 aliphatic rings. The zero-order chi connectivity index (χ0) is 27.2. The summed E-state index contributed by atoms with van der Waals surface area (Å²) in [5, 5.41) is 29.1. The van der Waals surface area contributed by atoms with E-state index in [4.69, 9.17) is 4.74 Å². The van der Waals surface area contributed by atoms with Crippen LogP contribution in [0.25, 0.3) is 0 Å². The molecule has 200 valence electrons. The second-order valence-electron chi connectivity index (χ2n) is 9.31. The Kier molecular flexibility index (Phi) is 12.5. The molecule has 0 radical (unpaired) electrons. The molecule has 0 spiro atoms. The Balaban J connectivity index is 2.29. The Morgan fingerprint density at radius 1 is 1.05 bits per heavy atom. The van der Waals surface area contributed by atoms with Crippen molar-refractivity contribution < 1.29 is 14.6 Å². The third-order valence-electron chi connectivity index (χ3n) is 6.50. The lowest BCUT2D eigenvalue weighted by Crippen LogP contribution is -2.24. The van der Waals surface area contributed by atoms with E-state index >= 15 is 0 Å². The second kappa shape index (κ2) is 15.6. The quantitative estimate of drug-likeness (QED) is 0.199. The summed E-state index contributed by atoms with van der Waals surface area (Å²) in [5.74, 6) is -0.286. The van der Waals surface area contributed by atoms with Gasteiger partial charge in [-0.25, -0.2) is 4.79 Å². The molecule has 0 saturated carbocycles. The number of aromatic hydroxyl groups is 1. The van der Waals surface area contributed by atoms with Crippen LogP contribution in [0.1, 0.15) is 101 Å². The summed E-state index contributed by atoms with van der Waals surface area (Å²) in [7, 11) is 0. The third kappa shape index (κ3) is 8.28. The SMILES string of the molecule is CCCCc1c(/N=N/c2ccc(C(=O)OCC(CC)CCCC)cc2)c(O)n(CCCC)c(=O)c1C#N. The van der Waals surface area contributed by atoms with Crippen LogP contribution >= 0.6 is 0 Å². The van der Waals surface area contributed by atoms with Gasteiger partial charge in [-0.15, -0.1) is 5.11 Å². The lowest BCUT2D eigenvalue weighted by atomic mass is 10.0. The first kappa shape index (κ1) is 29.8. The van der Waals surface area contributed by atoms with E-state index in [2.05, 4.69) is 24.1 Å². The van der Waals surface area contributed by atoms with Crippen molar-refractivity contribution in [2.75, 3.05) is 6.61 Å². The second-order valence-corrected chi connectivity index (χ2v) is 9.31. The molecule has 0 aliphatic heterocycles. The van der Waals surface area contributed by atoms with Gasteiger partial charge in [-0.2, -0.15) is 10.4 Å². The number of benzene rings is 1. The van der Waals surface area contributed by atoms with Gasteiger partial charge in [0.2, 0.25) is 5.88 Å². The fraction of sp³-hybridized carbons (Fsp3) is 0.552. The summed E-state index contributed by atoms with van der Waals surface area (Å²) in [4.78, 5) is 25.3. The van der Waals surface area contributed by atoms with Crippen LogP contribution in [0.5, 0.6) is 5.88 Å². The maximum Gasteiger partial charge on any atom is 0.338 e. The van der Waals surface area contributed by atoms with Crippen molar-refractivity contribution in [3.05, 3.63) is 51.3 Å². The number of ether oxygens (including phenoxy) is 1. The first-order valence-electron chi connectivity index (χ1n) is 13.5. The van der Waals surface area contributed by atoms with Gasteiger partial charge in [-0.05, 0) is 55.9 Å². The van der Waals surface area contributed by atoms with Gasteiger partial charge in [0.05, 0.1) is 17.9 Å². The molecule has 0 fully saturated rings. The van der Waals surface area contributed by atoms with Gasteiger partial charge in [-0.3, -0.25) is 9.36 Å². The Morgan fingerprint density at radius 2 is 1.73 bits per heavy atom. The van der Waals surface area contributed by atoms with Crippen LogP contribution < -0.4 is 5.56 Å². The molecule has 37 heavy (non-hydrogen) atoms. The van der Waals surface area contributed by atoms with E-state index in [0.717, 1.165) is 44.9 Å². The minimum Gasteiger partial charge on any atom is -0.493 e. The van der Waals surface area contributed by atoms with E-state index < -0.39 is 5.56 Å². The highest BCUT2D eigenvalue weighted by Gasteiger charge is 2.21. The van der Waals surface area contributed by atoms with Gasteiger partial charge in [0.15, 0.2) is 5.69 Å². The average Bonchev–Trinajstić information content (AvgIpc) is 2.91. The van der Waals surface area contributed by atoms with Gasteiger partial charge < -0.3 is 9.84 Å². The lowest BCUT2D eigenvalue weighted by molar-refractivity contribution is 0.0428. The number of hydrogen-bond acceptors (Lipinski definition) is 7. The number of hydrogen-bond donors (Lipinski definition) is 1. The number of rotatable bonds is 15. The predicted octanol–water partition coefficient (Wildman–Crippen LogP) is 7.36. The van der Waals surface area contributed by atoms with Gasteiger partial charge in [-0.1, -0.05) is 59.8 Å². The molecule has 0 aliphatic carbocycles. The van der Waals surface area contributed by atoms with Crippen LogP contribution in [0.2, 0.25) is 0 Å². The molecule has 0 bridgehead atoms. The Bertz CT molecular complexity index is 1150. The van der Waals surface area contributed by atoms with Crippen molar-refractivity contribution in [1.29, 1.82) is 5.26 Å². The molecule has 8 heteroatoms. The van der Waals surface area contributed by atoms with Gasteiger partial charge in [0, 0.05) is 12.1 Å². The minimum absolute atomic E-state index is 0.00119. The summed E-state index contributed by atoms with van der Waals surface area (Å²) < 4.78 is 6.71. The zero-order valence-electron chi connectivity index (χ0n) is 22.6. The van der Waals surface area contributed by atoms with E-state index in [1.165, 1.54) is 4.57 Å². The molecule has 1 unspecified atom stereocenters. The van der Waals surface area contributed by atoms with Crippen molar-refractivity contribution in [2.45, 2.75) is 92.0 Å². The third-order valence-corrected chi connectivity index (χ3v) is 6.50. The maximum atomic E-state index is 12.9. The Morgan fingerprint density at radius 3 is 2.32 bits per heavy atom. The van der Waals surface area contributed by atoms with Crippen molar-refractivity contribution >= 4 is 17.3 Å². The molecule has 2 rings (SSSR count). The first-order chi connectivity index (χ1) is 17.9. The number of nitrogens with zero attached hydrogens (tertiary/aromatic N) is 4. The van der Waals surface area contributed by atoms with Crippen LogP contribution in [-0.2, 0) is 17.7 Å². The molecule has 1 N–H and O–H groups in total. The van der Waals surface area contributed by atoms with Crippen LogP contribution in [0.4, 0.5) is 11.4 Å². The summed E-state index contributed by atoms with van der Waals surface area (Å²) in [6, 6.07) is 8.57. The van der Waals surface area contributed by atoms with E-state index in [9.17, 15) is 20.0 Å². The fourth-order valence-electron chi connectivity index (χ4n) is 4.03. The number of carbonyl (C=O) groups excluding carboxylic acids is 1. The first-order valence-corrected chi connectivity index (χ1v) is 13.5. The number of pyridine rings is 1. The smallest absolute Gasteiger partial charge is 0.338 e. The largest absolute Gasteiger partial charge is 0.493 e. The maximum absolute atomic E-state index is 12.9.